The summed E-state index contributed by atoms with van der Waals surface area (Å²) >= 11 is 0.995. The van der Waals surface area contributed by atoms with Gasteiger partial charge < -0.3 is 15.2 Å². The molecule has 0 aliphatic carbocycles. The van der Waals surface area contributed by atoms with Crippen molar-refractivity contribution in [2.75, 3.05) is 12.8 Å². The minimum atomic E-state index is -0.563. The standard InChI is InChI=1S/C14H14N4O3S/c1-18-10-6-4-3-5-8(10)9(16-18)7-21-13-11(14(19)20-2)12(15)22-17-13/h3-6H,7,15H2,1-2H3. The summed E-state index contributed by atoms with van der Waals surface area (Å²) < 4.78 is 16.1. The molecule has 0 radical (unpaired) electrons. The lowest BCUT2D eigenvalue weighted by Crippen LogP contribution is -2.07. The van der Waals surface area contributed by atoms with Gasteiger partial charge in [-0.05, 0) is 17.6 Å². The van der Waals surface area contributed by atoms with Crippen LogP contribution in [0.5, 0.6) is 5.88 Å². The number of methoxy groups -OCH3 is 1. The minimum absolute atomic E-state index is 0.160. The maximum absolute atomic E-state index is 11.7. The van der Waals surface area contributed by atoms with Crippen molar-refractivity contribution in [1.29, 1.82) is 0 Å². The molecule has 2 N–H and O–H groups in total. The normalized spacial score (nSPS) is 10.8. The molecule has 0 bridgehead atoms. The number of ether oxygens (including phenoxy) is 2. The lowest BCUT2D eigenvalue weighted by atomic mass is 10.2. The van der Waals surface area contributed by atoms with Gasteiger partial charge in [-0.1, -0.05) is 18.2 Å². The van der Waals surface area contributed by atoms with Gasteiger partial charge in [-0.15, -0.1) is 0 Å². The summed E-state index contributed by atoms with van der Waals surface area (Å²) in [6.45, 7) is 0.189. The van der Waals surface area contributed by atoms with Crippen LogP contribution in [-0.4, -0.2) is 27.2 Å². The number of aromatic nitrogens is 3. The molecule has 1 aromatic carbocycles. The van der Waals surface area contributed by atoms with E-state index in [-0.39, 0.29) is 23.1 Å². The van der Waals surface area contributed by atoms with Crippen molar-refractivity contribution < 1.29 is 14.3 Å². The van der Waals surface area contributed by atoms with Crippen LogP contribution in [0.15, 0.2) is 24.3 Å². The molecular weight excluding hydrogens is 304 g/mol. The molecule has 0 atom stereocenters. The van der Waals surface area contributed by atoms with E-state index in [1.807, 2.05) is 31.3 Å². The molecule has 114 valence electrons. The van der Waals surface area contributed by atoms with Crippen LogP contribution in [0.4, 0.5) is 5.00 Å². The third kappa shape index (κ3) is 2.37. The van der Waals surface area contributed by atoms with Crippen LogP contribution >= 0.6 is 11.5 Å². The van der Waals surface area contributed by atoms with Crippen LogP contribution in [0, 0.1) is 0 Å². The first-order chi connectivity index (χ1) is 10.6. The predicted octanol–water partition coefficient (Wildman–Crippen LogP) is 1.98. The monoisotopic (exact) mass is 318 g/mol. The van der Waals surface area contributed by atoms with Gasteiger partial charge in [-0.25, -0.2) is 4.79 Å². The van der Waals surface area contributed by atoms with Crippen molar-refractivity contribution in [3.8, 4) is 5.88 Å². The number of anilines is 1. The highest BCUT2D eigenvalue weighted by Crippen LogP contribution is 2.29. The highest BCUT2D eigenvalue weighted by molar-refractivity contribution is 7.10. The maximum atomic E-state index is 11.7. The summed E-state index contributed by atoms with van der Waals surface area (Å²) in [5.74, 6) is -0.392. The van der Waals surface area contributed by atoms with E-state index in [1.165, 1.54) is 7.11 Å². The molecular formula is C14H14N4O3S. The zero-order valence-electron chi connectivity index (χ0n) is 12.1. The predicted molar refractivity (Wildman–Crippen MR) is 82.9 cm³/mol. The highest BCUT2D eigenvalue weighted by Gasteiger charge is 2.22. The second kappa shape index (κ2) is 5.64. The third-order valence-corrected chi connectivity index (χ3v) is 3.91. The minimum Gasteiger partial charge on any atom is -0.470 e. The Morgan fingerprint density at radius 3 is 2.95 bits per heavy atom. The van der Waals surface area contributed by atoms with E-state index >= 15 is 0 Å². The molecule has 2 heterocycles. The molecule has 22 heavy (non-hydrogen) atoms. The van der Waals surface area contributed by atoms with Gasteiger partial charge in [0, 0.05) is 12.4 Å². The van der Waals surface area contributed by atoms with Crippen LogP contribution < -0.4 is 10.5 Å². The first-order valence-electron chi connectivity index (χ1n) is 6.48. The lowest BCUT2D eigenvalue weighted by molar-refractivity contribution is 0.0596. The Bertz CT molecular complexity index is 840. The summed E-state index contributed by atoms with van der Waals surface area (Å²) in [5.41, 5.74) is 7.67. The van der Waals surface area contributed by atoms with Crippen molar-refractivity contribution in [3.05, 3.63) is 35.5 Å². The SMILES string of the molecule is COC(=O)c1c(OCc2nn(C)c3ccccc23)nsc1N. The van der Waals surface area contributed by atoms with Crippen LogP contribution in [0.2, 0.25) is 0 Å². The number of carbonyl (C=O) groups is 1. The van der Waals surface area contributed by atoms with Gasteiger partial charge in [0.05, 0.1) is 12.6 Å². The van der Waals surface area contributed by atoms with Gasteiger partial charge in [0.1, 0.15) is 17.3 Å². The second-order valence-electron chi connectivity index (χ2n) is 4.59. The summed E-state index contributed by atoms with van der Waals surface area (Å²) in [6, 6.07) is 7.84. The molecule has 3 aromatic rings. The topological polar surface area (TPSA) is 92.3 Å². The fraction of sp³-hybridized carbons (Fsp3) is 0.214. The molecule has 0 saturated carbocycles. The molecule has 7 nitrogen and oxygen atoms in total. The Hall–Kier alpha value is -2.61. The number of nitrogens with zero attached hydrogens (tertiary/aromatic N) is 3. The van der Waals surface area contributed by atoms with Gasteiger partial charge in [0.15, 0.2) is 5.56 Å². The quantitative estimate of drug-likeness (QED) is 0.739. The molecule has 0 aliphatic heterocycles. The zero-order valence-corrected chi connectivity index (χ0v) is 12.9. The van der Waals surface area contributed by atoms with E-state index in [4.69, 9.17) is 15.2 Å². The molecule has 0 aliphatic rings. The molecule has 0 fully saturated rings. The van der Waals surface area contributed by atoms with Gasteiger partial charge >= 0.3 is 5.97 Å². The van der Waals surface area contributed by atoms with Gasteiger partial charge in [0.2, 0.25) is 5.88 Å². The zero-order chi connectivity index (χ0) is 15.7. The third-order valence-electron chi connectivity index (χ3n) is 3.26. The van der Waals surface area contributed by atoms with E-state index in [9.17, 15) is 4.79 Å². The van der Waals surface area contributed by atoms with Crippen molar-refractivity contribution >= 4 is 33.4 Å². The number of aryl methyl sites for hydroxylation is 1. The van der Waals surface area contributed by atoms with Crippen molar-refractivity contribution in [2.45, 2.75) is 6.61 Å². The van der Waals surface area contributed by atoms with Crippen molar-refractivity contribution in [1.82, 2.24) is 14.2 Å². The van der Waals surface area contributed by atoms with Crippen LogP contribution in [0.25, 0.3) is 10.9 Å². The van der Waals surface area contributed by atoms with Crippen LogP contribution in [-0.2, 0) is 18.4 Å². The fourth-order valence-electron chi connectivity index (χ4n) is 2.21. The van der Waals surface area contributed by atoms with E-state index in [0.717, 1.165) is 28.1 Å². The summed E-state index contributed by atoms with van der Waals surface area (Å²) in [7, 11) is 3.15. The number of hydrogen-bond acceptors (Lipinski definition) is 7. The molecule has 2 aromatic heterocycles. The summed E-state index contributed by atoms with van der Waals surface area (Å²) in [6.07, 6.45) is 0. The number of nitrogens with two attached hydrogens (primary N) is 1. The number of fused-ring (bicyclic) bond motifs is 1. The average Bonchev–Trinajstić information content (AvgIpc) is 3.06. The number of esters is 1. The second-order valence-corrected chi connectivity index (χ2v) is 5.40. The number of rotatable bonds is 4. The molecule has 0 amide bonds. The number of carbonyl (C=O) groups excluding carboxylic acids is 1. The van der Waals surface area contributed by atoms with Crippen molar-refractivity contribution in [2.24, 2.45) is 7.05 Å². The largest absolute Gasteiger partial charge is 0.470 e. The molecule has 8 heteroatoms. The average molecular weight is 318 g/mol. The first-order valence-corrected chi connectivity index (χ1v) is 7.26. The highest BCUT2D eigenvalue weighted by atomic mass is 32.1. The molecule has 0 spiro atoms. The van der Waals surface area contributed by atoms with Crippen LogP contribution in [0.1, 0.15) is 16.1 Å². The lowest BCUT2D eigenvalue weighted by Gasteiger charge is -2.04. The Labute approximate surface area is 130 Å². The van der Waals surface area contributed by atoms with Gasteiger partial charge in [-0.2, -0.15) is 9.47 Å². The summed E-state index contributed by atoms with van der Waals surface area (Å²) in [5, 5.41) is 5.69. The Morgan fingerprint density at radius 1 is 1.41 bits per heavy atom. The molecule has 0 saturated heterocycles. The number of para-hydroxylation sites is 1. The Kier molecular flexibility index (Phi) is 3.68. The number of hydrogen-bond donors (Lipinski definition) is 1. The smallest absolute Gasteiger partial charge is 0.346 e. The van der Waals surface area contributed by atoms with E-state index < -0.39 is 5.97 Å². The van der Waals surface area contributed by atoms with E-state index in [2.05, 4.69) is 9.47 Å². The summed E-state index contributed by atoms with van der Waals surface area (Å²) in [4.78, 5) is 11.7. The Morgan fingerprint density at radius 2 is 2.18 bits per heavy atom. The van der Waals surface area contributed by atoms with E-state index in [1.54, 1.807) is 4.68 Å². The van der Waals surface area contributed by atoms with E-state index in [0.29, 0.717) is 0 Å². The maximum Gasteiger partial charge on any atom is 0.346 e. The first kappa shape index (κ1) is 14.3. The van der Waals surface area contributed by atoms with Crippen molar-refractivity contribution in [3.63, 3.8) is 0 Å². The van der Waals surface area contributed by atoms with Crippen LogP contribution in [0.3, 0.4) is 0 Å². The fourth-order valence-corrected chi connectivity index (χ4v) is 2.79. The molecule has 0 unspecified atom stereocenters. The molecule has 3 rings (SSSR count). The number of benzene rings is 1. The van der Waals surface area contributed by atoms with Gasteiger partial charge in [0.25, 0.3) is 0 Å². The number of nitrogen functional groups attached to an aromatic ring is 1. The van der Waals surface area contributed by atoms with Gasteiger partial charge in [-0.3, -0.25) is 4.68 Å². The Balaban J connectivity index is 1.88.